The second-order valence-corrected chi connectivity index (χ2v) is 9.19. The molecule has 0 amide bonds. The van der Waals surface area contributed by atoms with Gasteiger partial charge in [-0.25, -0.2) is 5.01 Å². The molecule has 5 nitrogen and oxygen atoms in total. The molecule has 0 aliphatic carbocycles. The first kappa shape index (κ1) is 23.3. The number of benzene rings is 3. The summed E-state index contributed by atoms with van der Waals surface area (Å²) in [6, 6.07) is 24.8. The van der Waals surface area contributed by atoms with Crippen LogP contribution in [0.5, 0.6) is 17.2 Å². The van der Waals surface area contributed by atoms with E-state index >= 15 is 0 Å². The lowest BCUT2D eigenvalue weighted by atomic mass is 9.95. The average Bonchev–Trinajstić information content (AvgIpc) is 3.37. The molecule has 3 aromatic rings. The number of nitrogens with zero attached hydrogens (tertiary/aromatic N) is 2. The van der Waals surface area contributed by atoms with E-state index in [0.717, 1.165) is 59.1 Å². The SMILES string of the molecule is CCCCCCCOc1ccc(C2Oc3c(OC)cccc3C3CC(c4ccccc4)=NN32)cc1. The van der Waals surface area contributed by atoms with Crippen LogP contribution in [0.25, 0.3) is 0 Å². The van der Waals surface area contributed by atoms with E-state index in [4.69, 9.17) is 19.3 Å². The molecular formula is C30H34N2O3. The lowest BCUT2D eigenvalue weighted by molar-refractivity contribution is -0.0209. The van der Waals surface area contributed by atoms with Crippen LogP contribution in [0.15, 0.2) is 77.9 Å². The Balaban J connectivity index is 1.38. The molecule has 5 rings (SSSR count). The van der Waals surface area contributed by atoms with Gasteiger partial charge < -0.3 is 14.2 Å². The molecule has 2 aliphatic rings. The number of unbranched alkanes of at least 4 members (excludes halogenated alkanes) is 4. The van der Waals surface area contributed by atoms with E-state index in [1.807, 2.05) is 30.3 Å². The predicted molar refractivity (Wildman–Crippen MR) is 139 cm³/mol. The maximum Gasteiger partial charge on any atom is 0.214 e. The van der Waals surface area contributed by atoms with Gasteiger partial charge in [-0.3, -0.25) is 0 Å². The highest BCUT2D eigenvalue weighted by Crippen LogP contribution is 2.50. The maximum absolute atomic E-state index is 6.57. The number of hydrogen-bond acceptors (Lipinski definition) is 5. The molecule has 3 aromatic carbocycles. The van der Waals surface area contributed by atoms with E-state index in [2.05, 4.69) is 54.4 Å². The second kappa shape index (κ2) is 10.9. The zero-order valence-corrected chi connectivity index (χ0v) is 20.7. The number of rotatable bonds is 10. The van der Waals surface area contributed by atoms with Crippen LogP contribution in [0.1, 0.15) is 74.4 Å². The fraction of sp³-hybridized carbons (Fsp3) is 0.367. The quantitative estimate of drug-likeness (QED) is 0.292. The second-order valence-electron chi connectivity index (χ2n) is 9.19. The van der Waals surface area contributed by atoms with E-state index in [-0.39, 0.29) is 12.3 Å². The van der Waals surface area contributed by atoms with E-state index in [1.54, 1.807) is 7.11 Å². The van der Waals surface area contributed by atoms with Crippen LogP contribution >= 0.6 is 0 Å². The van der Waals surface area contributed by atoms with Crippen molar-refractivity contribution in [1.29, 1.82) is 0 Å². The van der Waals surface area contributed by atoms with Gasteiger partial charge in [0.25, 0.3) is 0 Å². The molecule has 0 saturated heterocycles. The smallest absolute Gasteiger partial charge is 0.214 e. The highest BCUT2D eigenvalue weighted by Gasteiger charge is 2.42. The Morgan fingerprint density at radius 3 is 2.49 bits per heavy atom. The highest BCUT2D eigenvalue weighted by molar-refractivity contribution is 6.01. The van der Waals surface area contributed by atoms with Gasteiger partial charge in [0.2, 0.25) is 6.23 Å². The van der Waals surface area contributed by atoms with Gasteiger partial charge >= 0.3 is 0 Å². The summed E-state index contributed by atoms with van der Waals surface area (Å²) in [7, 11) is 1.69. The molecule has 182 valence electrons. The van der Waals surface area contributed by atoms with Crippen molar-refractivity contribution in [2.24, 2.45) is 5.10 Å². The van der Waals surface area contributed by atoms with Crippen LogP contribution in [-0.4, -0.2) is 24.4 Å². The van der Waals surface area contributed by atoms with E-state index < -0.39 is 0 Å². The molecule has 2 heterocycles. The monoisotopic (exact) mass is 470 g/mol. The Morgan fingerprint density at radius 1 is 0.914 bits per heavy atom. The minimum Gasteiger partial charge on any atom is -0.494 e. The lowest BCUT2D eigenvalue weighted by Gasteiger charge is -2.38. The first-order chi connectivity index (χ1) is 17.3. The number of para-hydroxylation sites is 1. The minimum absolute atomic E-state index is 0.0908. The van der Waals surface area contributed by atoms with E-state index in [9.17, 15) is 0 Å². The summed E-state index contributed by atoms with van der Waals surface area (Å²) in [6.45, 7) is 2.99. The van der Waals surface area contributed by atoms with Crippen LogP contribution in [0.2, 0.25) is 0 Å². The minimum atomic E-state index is -0.340. The van der Waals surface area contributed by atoms with Crippen molar-refractivity contribution >= 4 is 5.71 Å². The number of methoxy groups -OCH3 is 1. The van der Waals surface area contributed by atoms with Crippen LogP contribution < -0.4 is 14.2 Å². The summed E-state index contributed by atoms with van der Waals surface area (Å²) in [5.74, 6) is 2.45. The summed E-state index contributed by atoms with van der Waals surface area (Å²) in [5.41, 5.74) is 4.37. The average molecular weight is 471 g/mol. The summed E-state index contributed by atoms with van der Waals surface area (Å²) in [6.07, 6.45) is 6.65. The van der Waals surface area contributed by atoms with Crippen LogP contribution in [-0.2, 0) is 0 Å². The van der Waals surface area contributed by atoms with Crippen molar-refractivity contribution in [2.45, 2.75) is 57.7 Å². The number of hydrogen-bond donors (Lipinski definition) is 0. The Hall–Kier alpha value is -3.47. The molecule has 0 saturated carbocycles. The van der Waals surface area contributed by atoms with Crippen molar-refractivity contribution in [2.75, 3.05) is 13.7 Å². The molecule has 0 spiro atoms. The molecule has 2 atom stereocenters. The number of fused-ring (bicyclic) bond motifs is 3. The van der Waals surface area contributed by atoms with Crippen molar-refractivity contribution in [3.63, 3.8) is 0 Å². The summed E-state index contributed by atoms with van der Waals surface area (Å²) >= 11 is 0. The van der Waals surface area contributed by atoms with Crippen molar-refractivity contribution in [3.8, 4) is 17.2 Å². The Kier molecular flexibility index (Phi) is 7.22. The van der Waals surface area contributed by atoms with Gasteiger partial charge in [0.15, 0.2) is 11.5 Å². The van der Waals surface area contributed by atoms with Crippen LogP contribution in [0.3, 0.4) is 0 Å². The number of hydrazone groups is 1. The Labute approximate surface area is 208 Å². The van der Waals surface area contributed by atoms with Crippen LogP contribution in [0.4, 0.5) is 0 Å². The maximum atomic E-state index is 6.57. The van der Waals surface area contributed by atoms with Crippen molar-refractivity contribution in [3.05, 3.63) is 89.5 Å². The zero-order chi connectivity index (χ0) is 24.0. The Bertz CT molecular complexity index is 1140. The largest absolute Gasteiger partial charge is 0.494 e. The molecule has 35 heavy (non-hydrogen) atoms. The highest BCUT2D eigenvalue weighted by atomic mass is 16.5. The fourth-order valence-electron chi connectivity index (χ4n) is 4.89. The third-order valence-corrected chi connectivity index (χ3v) is 6.79. The van der Waals surface area contributed by atoms with Gasteiger partial charge in [-0.2, -0.15) is 5.10 Å². The Morgan fingerprint density at radius 2 is 1.71 bits per heavy atom. The molecule has 5 heteroatoms. The summed E-state index contributed by atoms with van der Waals surface area (Å²) in [4.78, 5) is 0. The third kappa shape index (κ3) is 5.00. The topological polar surface area (TPSA) is 43.3 Å². The van der Waals surface area contributed by atoms with Gasteiger partial charge in [0.05, 0.1) is 25.5 Å². The zero-order valence-electron chi connectivity index (χ0n) is 20.7. The lowest BCUT2D eigenvalue weighted by Crippen LogP contribution is -2.33. The molecule has 0 fully saturated rings. The molecule has 0 bridgehead atoms. The summed E-state index contributed by atoms with van der Waals surface area (Å²) in [5, 5.41) is 7.16. The fourth-order valence-corrected chi connectivity index (χ4v) is 4.89. The van der Waals surface area contributed by atoms with Crippen molar-refractivity contribution in [1.82, 2.24) is 5.01 Å². The predicted octanol–water partition coefficient (Wildman–Crippen LogP) is 7.29. The van der Waals surface area contributed by atoms with E-state index in [0.29, 0.717) is 0 Å². The normalized spacial score (nSPS) is 18.3. The van der Waals surface area contributed by atoms with Gasteiger partial charge in [0, 0.05) is 17.5 Å². The number of ether oxygens (including phenoxy) is 3. The third-order valence-electron chi connectivity index (χ3n) is 6.79. The molecule has 0 N–H and O–H groups in total. The molecule has 0 aromatic heterocycles. The molecule has 2 unspecified atom stereocenters. The first-order valence-electron chi connectivity index (χ1n) is 12.8. The molecule has 2 aliphatic heterocycles. The molecular weight excluding hydrogens is 436 g/mol. The first-order valence-corrected chi connectivity index (χ1v) is 12.8. The van der Waals surface area contributed by atoms with Gasteiger partial charge in [0.1, 0.15) is 5.75 Å². The molecule has 0 radical (unpaired) electrons. The van der Waals surface area contributed by atoms with Gasteiger partial charge in [-0.15, -0.1) is 0 Å². The van der Waals surface area contributed by atoms with E-state index in [1.165, 1.54) is 25.7 Å². The van der Waals surface area contributed by atoms with Gasteiger partial charge in [-0.1, -0.05) is 75.1 Å². The van der Waals surface area contributed by atoms with Crippen molar-refractivity contribution < 1.29 is 14.2 Å². The van der Waals surface area contributed by atoms with Gasteiger partial charge in [-0.05, 0) is 42.3 Å². The van der Waals surface area contributed by atoms with Crippen LogP contribution in [0, 0.1) is 0 Å². The standard InChI is InChI=1S/C30H34N2O3/c1-3-4-5-6-10-20-34-24-18-16-23(17-19-24)30-32-27(21-26(31-32)22-12-8-7-9-13-22)25-14-11-15-28(33-2)29(25)35-30/h7-9,11-19,27,30H,3-6,10,20-21H2,1-2H3. The summed E-state index contributed by atoms with van der Waals surface area (Å²) < 4.78 is 18.2.